The molecule has 90 valence electrons. The highest BCUT2D eigenvalue weighted by molar-refractivity contribution is 6.30. The molecule has 3 aromatic rings. The summed E-state index contributed by atoms with van der Waals surface area (Å²) in [6.45, 7) is 2.66. The van der Waals surface area contributed by atoms with Gasteiger partial charge in [0.05, 0.1) is 18.3 Å². The van der Waals surface area contributed by atoms with Gasteiger partial charge in [-0.25, -0.2) is 4.98 Å². The number of para-hydroxylation sites is 1. The minimum atomic E-state index is 0.543. The van der Waals surface area contributed by atoms with Crippen LogP contribution in [0.15, 0.2) is 42.7 Å². The number of halogens is 1. The van der Waals surface area contributed by atoms with Gasteiger partial charge in [-0.2, -0.15) is 5.10 Å². The van der Waals surface area contributed by atoms with Gasteiger partial charge in [-0.05, 0) is 24.6 Å². The van der Waals surface area contributed by atoms with Crippen molar-refractivity contribution in [2.24, 2.45) is 0 Å². The Balaban J connectivity index is 2.03. The monoisotopic (exact) mass is 257 g/mol. The van der Waals surface area contributed by atoms with E-state index in [1.807, 2.05) is 48.3 Å². The van der Waals surface area contributed by atoms with E-state index in [9.17, 15) is 0 Å². The average molecular weight is 258 g/mol. The van der Waals surface area contributed by atoms with Crippen molar-refractivity contribution in [2.45, 2.75) is 13.5 Å². The van der Waals surface area contributed by atoms with Crippen LogP contribution in [0.2, 0.25) is 5.15 Å². The molecule has 4 heteroatoms. The fourth-order valence-electron chi connectivity index (χ4n) is 1.98. The van der Waals surface area contributed by atoms with Crippen LogP contribution in [-0.2, 0) is 6.54 Å². The lowest BCUT2D eigenvalue weighted by atomic mass is 10.1. The van der Waals surface area contributed by atoms with Gasteiger partial charge in [0.15, 0.2) is 0 Å². The van der Waals surface area contributed by atoms with Crippen molar-refractivity contribution in [1.29, 1.82) is 0 Å². The molecule has 0 N–H and O–H groups in total. The molecule has 0 spiro atoms. The van der Waals surface area contributed by atoms with Gasteiger partial charge in [0, 0.05) is 17.1 Å². The molecule has 0 aliphatic heterocycles. The smallest absolute Gasteiger partial charge is 0.134 e. The van der Waals surface area contributed by atoms with Crippen molar-refractivity contribution in [3.8, 4) is 0 Å². The molecule has 0 radical (unpaired) electrons. The van der Waals surface area contributed by atoms with E-state index in [-0.39, 0.29) is 0 Å². The van der Waals surface area contributed by atoms with Crippen LogP contribution in [0.1, 0.15) is 11.1 Å². The molecule has 0 fully saturated rings. The molecule has 0 aliphatic carbocycles. The Bertz CT molecular complexity index is 703. The highest BCUT2D eigenvalue weighted by Crippen LogP contribution is 2.21. The number of hydrogen-bond acceptors (Lipinski definition) is 2. The lowest BCUT2D eigenvalue weighted by Gasteiger charge is -2.06. The second-order valence-electron chi connectivity index (χ2n) is 4.35. The predicted molar refractivity (Wildman–Crippen MR) is 72.8 cm³/mol. The SMILES string of the molecule is Cc1cnn(Cc2cc3ccccc3nc2Cl)c1. The summed E-state index contributed by atoms with van der Waals surface area (Å²) < 4.78 is 1.87. The minimum absolute atomic E-state index is 0.543. The van der Waals surface area contributed by atoms with E-state index in [2.05, 4.69) is 16.1 Å². The Morgan fingerprint density at radius 1 is 1.28 bits per heavy atom. The molecule has 3 rings (SSSR count). The van der Waals surface area contributed by atoms with Crippen LogP contribution in [0.3, 0.4) is 0 Å². The van der Waals surface area contributed by atoms with Crippen LogP contribution in [0.5, 0.6) is 0 Å². The van der Waals surface area contributed by atoms with E-state index in [1.54, 1.807) is 0 Å². The summed E-state index contributed by atoms with van der Waals surface area (Å²) in [7, 11) is 0. The lowest BCUT2D eigenvalue weighted by molar-refractivity contribution is 0.685. The van der Waals surface area contributed by atoms with Crippen molar-refractivity contribution >= 4 is 22.5 Å². The number of benzene rings is 1. The molecule has 0 atom stereocenters. The van der Waals surface area contributed by atoms with E-state index >= 15 is 0 Å². The molecule has 0 saturated carbocycles. The third-order valence-electron chi connectivity index (χ3n) is 2.84. The van der Waals surface area contributed by atoms with Gasteiger partial charge in [-0.1, -0.05) is 29.8 Å². The first kappa shape index (κ1) is 11.2. The molecule has 0 unspecified atom stereocenters. The van der Waals surface area contributed by atoms with Crippen LogP contribution >= 0.6 is 11.6 Å². The number of pyridine rings is 1. The highest BCUT2D eigenvalue weighted by atomic mass is 35.5. The van der Waals surface area contributed by atoms with Gasteiger partial charge < -0.3 is 0 Å². The van der Waals surface area contributed by atoms with E-state index in [1.165, 1.54) is 0 Å². The first-order chi connectivity index (χ1) is 8.72. The fourth-order valence-corrected chi connectivity index (χ4v) is 2.18. The maximum atomic E-state index is 6.21. The zero-order valence-electron chi connectivity index (χ0n) is 9.97. The number of nitrogens with zero attached hydrogens (tertiary/aromatic N) is 3. The number of rotatable bonds is 2. The van der Waals surface area contributed by atoms with Crippen LogP contribution in [0, 0.1) is 6.92 Å². The quantitative estimate of drug-likeness (QED) is 0.659. The molecule has 1 aromatic carbocycles. The fraction of sp³-hybridized carbons (Fsp3) is 0.143. The Labute approximate surface area is 110 Å². The lowest BCUT2D eigenvalue weighted by Crippen LogP contribution is -2.01. The summed E-state index contributed by atoms with van der Waals surface area (Å²) >= 11 is 6.21. The van der Waals surface area contributed by atoms with E-state index in [4.69, 9.17) is 11.6 Å². The molecular weight excluding hydrogens is 246 g/mol. The largest absolute Gasteiger partial charge is 0.268 e. The second kappa shape index (κ2) is 4.42. The molecular formula is C14H12ClN3. The van der Waals surface area contributed by atoms with Crippen LogP contribution in [0.25, 0.3) is 10.9 Å². The zero-order chi connectivity index (χ0) is 12.5. The van der Waals surface area contributed by atoms with Gasteiger partial charge >= 0.3 is 0 Å². The Kier molecular flexibility index (Phi) is 2.76. The van der Waals surface area contributed by atoms with Crippen LogP contribution in [0.4, 0.5) is 0 Å². The molecule has 0 saturated heterocycles. The summed E-state index contributed by atoms with van der Waals surface area (Å²) in [5.41, 5.74) is 3.04. The first-order valence-electron chi connectivity index (χ1n) is 5.75. The standard InChI is InChI=1S/C14H12ClN3/c1-10-7-16-18(8-10)9-12-6-11-4-2-3-5-13(11)17-14(12)15/h2-8H,9H2,1H3. The molecule has 0 bridgehead atoms. The number of aryl methyl sites for hydroxylation is 1. The normalized spacial score (nSPS) is 11.0. The Morgan fingerprint density at radius 3 is 2.89 bits per heavy atom. The topological polar surface area (TPSA) is 30.7 Å². The molecule has 3 nitrogen and oxygen atoms in total. The minimum Gasteiger partial charge on any atom is -0.268 e. The number of fused-ring (bicyclic) bond motifs is 1. The molecule has 2 heterocycles. The third-order valence-corrected chi connectivity index (χ3v) is 3.17. The van der Waals surface area contributed by atoms with Crippen molar-refractivity contribution in [3.05, 3.63) is 59.0 Å². The van der Waals surface area contributed by atoms with Crippen LogP contribution in [-0.4, -0.2) is 14.8 Å². The van der Waals surface area contributed by atoms with Gasteiger partial charge in [0.2, 0.25) is 0 Å². The summed E-state index contributed by atoms with van der Waals surface area (Å²) in [5.74, 6) is 0. The first-order valence-corrected chi connectivity index (χ1v) is 6.13. The Morgan fingerprint density at radius 2 is 2.11 bits per heavy atom. The third kappa shape index (κ3) is 2.09. The van der Waals surface area contributed by atoms with Crippen LogP contribution < -0.4 is 0 Å². The van der Waals surface area contributed by atoms with Crippen molar-refractivity contribution in [2.75, 3.05) is 0 Å². The molecule has 0 amide bonds. The van der Waals surface area contributed by atoms with Crippen molar-refractivity contribution in [1.82, 2.24) is 14.8 Å². The summed E-state index contributed by atoms with van der Waals surface area (Å²) in [6, 6.07) is 10.0. The summed E-state index contributed by atoms with van der Waals surface area (Å²) in [5, 5.41) is 5.90. The van der Waals surface area contributed by atoms with Gasteiger partial charge in [0.25, 0.3) is 0 Å². The number of hydrogen-bond donors (Lipinski definition) is 0. The summed E-state index contributed by atoms with van der Waals surface area (Å²) in [6.07, 6.45) is 3.83. The van der Waals surface area contributed by atoms with Gasteiger partial charge in [0.1, 0.15) is 5.15 Å². The van der Waals surface area contributed by atoms with Crippen molar-refractivity contribution < 1.29 is 0 Å². The van der Waals surface area contributed by atoms with E-state index < -0.39 is 0 Å². The number of aromatic nitrogens is 3. The summed E-state index contributed by atoms with van der Waals surface area (Å²) in [4.78, 5) is 4.40. The maximum Gasteiger partial charge on any atom is 0.134 e. The maximum absolute atomic E-state index is 6.21. The molecule has 2 aromatic heterocycles. The predicted octanol–water partition coefficient (Wildman–Crippen LogP) is 3.44. The Hall–Kier alpha value is -1.87. The zero-order valence-corrected chi connectivity index (χ0v) is 10.7. The highest BCUT2D eigenvalue weighted by Gasteiger charge is 2.06. The molecule has 0 aliphatic rings. The van der Waals surface area contributed by atoms with E-state index in [0.29, 0.717) is 11.7 Å². The second-order valence-corrected chi connectivity index (χ2v) is 4.70. The van der Waals surface area contributed by atoms with Gasteiger partial charge in [-0.3, -0.25) is 4.68 Å². The average Bonchev–Trinajstić information content (AvgIpc) is 2.76. The van der Waals surface area contributed by atoms with Gasteiger partial charge in [-0.15, -0.1) is 0 Å². The molecule has 18 heavy (non-hydrogen) atoms. The van der Waals surface area contributed by atoms with E-state index in [0.717, 1.165) is 22.0 Å². The van der Waals surface area contributed by atoms with Crippen molar-refractivity contribution in [3.63, 3.8) is 0 Å².